The highest BCUT2D eigenvalue weighted by molar-refractivity contribution is 5.93. The molecule has 1 aliphatic heterocycles. The molecule has 3 aromatic rings. The summed E-state index contributed by atoms with van der Waals surface area (Å²) in [6.45, 7) is 7.94. The molecule has 0 unspecified atom stereocenters. The number of nitrogens with zero attached hydrogens (tertiary/aromatic N) is 3. The number of benzene rings is 2. The number of morpholine rings is 1. The molecule has 25 heavy (non-hydrogen) atoms. The van der Waals surface area contributed by atoms with E-state index in [1.165, 1.54) is 5.56 Å². The molecule has 4 heteroatoms. The summed E-state index contributed by atoms with van der Waals surface area (Å²) < 4.78 is 5.86. The quantitative estimate of drug-likeness (QED) is 0.704. The van der Waals surface area contributed by atoms with Gasteiger partial charge in [0.05, 0.1) is 23.4 Å². The predicted octanol–water partition coefficient (Wildman–Crippen LogP) is 4.22. The maximum absolute atomic E-state index is 5.86. The Labute approximate surface area is 148 Å². The van der Waals surface area contributed by atoms with Crippen molar-refractivity contribution in [1.29, 1.82) is 0 Å². The van der Waals surface area contributed by atoms with Crippen LogP contribution in [0.2, 0.25) is 0 Å². The largest absolute Gasteiger partial charge is 0.372 e. The molecule has 0 radical (unpaired) electrons. The van der Waals surface area contributed by atoms with Crippen LogP contribution in [0.3, 0.4) is 0 Å². The molecule has 0 amide bonds. The standard InChI is InChI=1S/C21H23N3O/c1-14-9-10-18-19(11-14)22-21(24-12-15(2)25-16(3)13-24)23-20(18)17-7-5-4-6-8-17/h4-11,15-16H,12-13H2,1-3H3/t15-,16-/m1/s1. The first-order valence-corrected chi connectivity index (χ1v) is 8.84. The molecule has 2 heterocycles. The van der Waals surface area contributed by atoms with Crippen LogP contribution in [0.4, 0.5) is 5.95 Å². The Hall–Kier alpha value is -2.46. The molecule has 2 aromatic carbocycles. The first-order valence-electron chi connectivity index (χ1n) is 8.84. The molecule has 4 nitrogen and oxygen atoms in total. The van der Waals surface area contributed by atoms with E-state index in [0.717, 1.165) is 41.2 Å². The summed E-state index contributed by atoms with van der Waals surface area (Å²) in [5, 5.41) is 1.09. The Balaban J connectivity index is 1.88. The van der Waals surface area contributed by atoms with Crippen LogP contribution < -0.4 is 4.90 Å². The van der Waals surface area contributed by atoms with Crippen molar-refractivity contribution >= 4 is 16.9 Å². The van der Waals surface area contributed by atoms with Gasteiger partial charge in [0.15, 0.2) is 0 Å². The third kappa shape index (κ3) is 3.22. The molecule has 0 bridgehead atoms. The Morgan fingerprint density at radius 2 is 1.68 bits per heavy atom. The summed E-state index contributed by atoms with van der Waals surface area (Å²) in [5.41, 5.74) is 4.32. The summed E-state index contributed by atoms with van der Waals surface area (Å²) in [6.07, 6.45) is 0.362. The Morgan fingerprint density at radius 3 is 2.40 bits per heavy atom. The van der Waals surface area contributed by atoms with Gasteiger partial charge in [-0.1, -0.05) is 42.5 Å². The van der Waals surface area contributed by atoms with Crippen molar-refractivity contribution in [3.8, 4) is 11.3 Å². The minimum absolute atomic E-state index is 0.181. The fourth-order valence-electron chi connectivity index (χ4n) is 3.53. The monoisotopic (exact) mass is 333 g/mol. The van der Waals surface area contributed by atoms with E-state index in [0.29, 0.717) is 0 Å². The zero-order chi connectivity index (χ0) is 17.4. The van der Waals surface area contributed by atoms with E-state index in [4.69, 9.17) is 14.7 Å². The summed E-state index contributed by atoms with van der Waals surface area (Å²) in [5.74, 6) is 0.791. The van der Waals surface area contributed by atoms with Crippen molar-refractivity contribution < 1.29 is 4.74 Å². The predicted molar refractivity (Wildman–Crippen MR) is 102 cm³/mol. The lowest BCUT2D eigenvalue weighted by Crippen LogP contribution is -2.46. The number of fused-ring (bicyclic) bond motifs is 1. The second-order valence-electron chi connectivity index (χ2n) is 6.92. The number of anilines is 1. The fraction of sp³-hybridized carbons (Fsp3) is 0.333. The van der Waals surface area contributed by atoms with Crippen molar-refractivity contribution in [3.63, 3.8) is 0 Å². The number of ether oxygens (including phenoxy) is 1. The fourth-order valence-corrected chi connectivity index (χ4v) is 3.53. The van der Waals surface area contributed by atoms with E-state index in [9.17, 15) is 0 Å². The first kappa shape index (κ1) is 16.0. The molecule has 1 fully saturated rings. The SMILES string of the molecule is Cc1ccc2c(-c3ccccc3)nc(N3C[C@@H](C)O[C@H](C)C3)nc2c1. The van der Waals surface area contributed by atoms with E-state index in [1.54, 1.807) is 0 Å². The second kappa shape index (κ2) is 6.45. The smallest absolute Gasteiger partial charge is 0.226 e. The second-order valence-corrected chi connectivity index (χ2v) is 6.92. The van der Waals surface area contributed by atoms with Gasteiger partial charge in [-0.3, -0.25) is 0 Å². The Morgan fingerprint density at radius 1 is 0.960 bits per heavy atom. The van der Waals surface area contributed by atoms with Gasteiger partial charge < -0.3 is 9.64 Å². The highest BCUT2D eigenvalue weighted by Crippen LogP contribution is 2.29. The van der Waals surface area contributed by atoms with Crippen LogP contribution in [0, 0.1) is 6.92 Å². The van der Waals surface area contributed by atoms with E-state index < -0.39 is 0 Å². The zero-order valence-corrected chi connectivity index (χ0v) is 14.9. The van der Waals surface area contributed by atoms with Crippen LogP contribution in [0.1, 0.15) is 19.4 Å². The molecule has 1 aliphatic rings. The van der Waals surface area contributed by atoms with Crippen LogP contribution >= 0.6 is 0 Å². The van der Waals surface area contributed by atoms with Crippen molar-refractivity contribution in [1.82, 2.24) is 9.97 Å². The van der Waals surface area contributed by atoms with Crippen LogP contribution in [0.25, 0.3) is 22.2 Å². The summed E-state index contributed by atoms with van der Waals surface area (Å²) in [4.78, 5) is 12.1. The Bertz CT molecular complexity index is 884. The average Bonchev–Trinajstić information content (AvgIpc) is 2.60. The normalized spacial score (nSPS) is 20.8. The molecule has 128 valence electrons. The highest BCUT2D eigenvalue weighted by atomic mass is 16.5. The van der Waals surface area contributed by atoms with Gasteiger partial charge in [-0.05, 0) is 32.4 Å². The number of aromatic nitrogens is 2. The van der Waals surface area contributed by atoms with Crippen molar-refractivity contribution in [3.05, 3.63) is 54.1 Å². The summed E-state index contributed by atoms with van der Waals surface area (Å²) >= 11 is 0. The topological polar surface area (TPSA) is 38.2 Å². The van der Waals surface area contributed by atoms with Gasteiger partial charge in [0, 0.05) is 24.0 Å². The molecule has 2 atom stereocenters. The number of aryl methyl sites for hydroxylation is 1. The van der Waals surface area contributed by atoms with Crippen LogP contribution in [-0.4, -0.2) is 35.3 Å². The van der Waals surface area contributed by atoms with Gasteiger partial charge in [0.1, 0.15) is 0 Å². The van der Waals surface area contributed by atoms with E-state index >= 15 is 0 Å². The number of hydrogen-bond acceptors (Lipinski definition) is 4. The maximum Gasteiger partial charge on any atom is 0.226 e. The minimum atomic E-state index is 0.181. The van der Waals surface area contributed by atoms with E-state index in [2.05, 4.69) is 68.1 Å². The average molecular weight is 333 g/mol. The lowest BCUT2D eigenvalue weighted by molar-refractivity contribution is -0.00569. The van der Waals surface area contributed by atoms with Crippen molar-refractivity contribution in [2.45, 2.75) is 33.0 Å². The summed E-state index contributed by atoms with van der Waals surface area (Å²) in [6, 6.07) is 16.7. The molecular weight excluding hydrogens is 310 g/mol. The molecule has 1 saturated heterocycles. The maximum atomic E-state index is 5.86. The van der Waals surface area contributed by atoms with Gasteiger partial charge in [0.2, 0.25) is 5.95 Å². The van der Waals surface area contributed by atoms with Crippen molar-refractivity contribution in [2.24, 2.45) is 0 Å². The summed E-state index contributed by atoms with van der Waals surface area (Å²) in [7, 11) is 0. The van der Waals surface area contributed by atoms with Gasteiger partial charge in [0.25, 0.3) is 0 Å². The molecule has 0 N–H and O–H groups in total. The minimum Gasteiger partial charge on any atom is -0.372 e. The number of hydrogen-bond donors (Lipinski definition) is 0. The van der Waals surface area contributed by atoms with E-state index in [1.807, 2.05) is 6.07 Å². The van der Waals surface area contributed by atoms with Crippen LogP contribution in [0.15, 0.2) is 48.5 Å². The molecule has 0 aliphatic carbocycles. The molecule has 4 rings (SSSR count). The van der Waals surface area contributed by atoms with Crippen LogP contribution in [0.5, 0.6) is 0 Å². The van der Waals surface area contributed by atoms with Crippen molar-refractivity contribution in [2.75, 3.05) is 18.0 Å². The first-order chi connectivity index (χ1) is 12.1. The van der Waals surface area contributed by atoms with Crippen LogP contribution in [-0.2, 0) is 4.74 Å². The van der Waals surface area contributed by atoms with Gasteiger partial charge in [-0.15, -0.1) is 0 Å². The van der Waals surface area contributed by atoms with E-state index in [-0.39, 0.29) is 12.2 Å². The highest BCUT2D eigenvalue weighted by Gasteiger charge is 2.25. The molecule has 0 saturated carbocycles. The number of rotatable bonds is 2. The van der Waals surface area contributed by atoms with Gasteiger partial charge in [-0.25, -0.2) is 9.97 Å². The third-order valence-corrected chi connectivity index (χ3v) is 4.59. The zero-order valence-electron chi connectivity index (χ0n) is 14.9. The van der Waals surface area contributed by atoms with Gasteiger partial charge in [-0.2, -0.15) is 0 Å². The Kier molecular flexibility index (Phi) is 4.14. The lowest BCUT2D eigenvalue weighted by atomic mass is 10.1. The molecule has 1 aromatic heterocycles. The lowest BCUT2D eigenvalue weighted by Gasteiger charge is -2.35. The molecule has 0 spiro atoms. The third-order valence-electron chi connectivity index (χ3n) is 4.59. The van der Waals surface area contributed by atoms with Gasteiger partial charge >= 0.3 is 0 Å². The molecular formula is C21H23N3O.